The molecule has 8 N–H and O–H groups in total. The first-order valence-electron chi connectivity index (χ1n) is 18.0. The van der Waals surface area contributed by atoms with Gasteiger partial charge in [-0.2, -0.15) is 0 Å². The van der Waals surface area contributed by atoms with Crippen molar-refractivity contribution in [1.82, 2.24) is 0 Å². The summed E-state index contributed by atoms with van der Waals surface area (Å²) in [5, 5.41) is 91.5. The average molecular weight is 671 g/mol. The lowest BCUT2D eigenvalue weighted by molar-refractivity contribution is -0.230. The van der Waals surface area contributed by atoms with E-state index in [1.165, 1.54) is 24.3 Å². The van der Waals surface area contributed by atoms with E-state index < -0.39 is 75.7 Å². The van der Waals surface area contributed by atoms with Crippen LogP contribution in [0, 0.1) is 46.3 Å². The molecule has 266 valence electrons. The molecule has 1 saturated heterocycles. The number of aliphatic hydroxyl groups excluding tert-OH is 4. The van der Waals surface area contributed by atoms with Crippen LogP contribution in [0.3, 0.4) is 0 Å². The summed E-state index contributed by atoms with van der Waals surface area (Å²) in [5.41, 5.74) is -5.47. The molecule has 5 fully saturated rings. The Morgan fingerprint density at radius 1 is 0.979 bits per heavy atom. The fourth-order valence-corrected chi connectivity index (χ4v) is 12.7. The number of ether oxygens (including phenoxy) is 1. The quantitative estimate of drug-likeness (QED) is 0.238. The first-order valence-corrected chi connectivity index (χ1v) is 18.0. The van der Waals surface area contributed by atoms with Gasteiger partial charge in [-0.05, 0) is 91.0 Å². The van der Waals surface area contributed by atoms with Crippen molar-refractivity contribution in [3.05, 3.63) is 35.4 Å². The molecular formula is C38H54O10. The maximum Gasteiger partial charge on any atom is 0.160 e. The Morgan fingerprint density at radius 2 is 1.65 bits per heavy atom. The summed E-state index contributed by atoms with van der Waals surface area (Å²) in [5.74, 6) is -3.76. The van der Waals surface area contributed by atoms with Gasteiger partial charge in [-0.25, -0.2) is 0 Å². The van der Waals surface area contributed by atoms with Gasteiger partial charge in [-0.1, -0.05) is 40.5 Å². The minimum atomic E-state index is -1.60. The normalized spacial score (nSPS) is 53.0. The van der Waals surface area contributed by atoms with Crippen LogP contribution in [0.25, 0.3) is 0 Å². The number of hydrogen-bond acceptors (Lipinski definition) is 10. The van der Waals surface area contributed by atoms with Gasteiger partial charge in [0, 0.05) is 42.3 Å². The molecule has 1 aromatic rings. The molecule has 48 heavy (non-hydrogen) atoms. The van der Waals surface area contributed by atoms with Crippen molar-refractivity contribution in [1.29, 1.82) is 0 Å². The largest absolute Gasteiger partial charge is 0.508 e. The fourth-order valence-electron chi connectivity index (χ4n) is 12.7. The molecule has 0 aromatic heterocycles. The molecule has 5 aliphatic carbocycles. The second-order valence-corrected chi connectivity index (χ2v) is 17.2. The third kappa shape index (κ3) is 4.20. The molecule has 0 unspecified atom stereocenters. The van der Waals surface area contributed by atoms with Crippen LogP contribution in [0.4, 0.5) is 0 Å². The van der Waals surface area contributed by atoms with Gasteiger partial charge in [0.1, 0.15) is 17.1 Å². The van der Waals surface area contributed by atoms with E-state index >= 15 is 0 Å². The van der Waals surface area contributed by atoms with Crippen LogP contribution in [0.15, 0.2) is 29.8 Å². The Bertz CT molecular complexity index is 1490. The highest BCUT2D eigenvalue weighted by Gasteiger charge is 2.80. The SMILES string of the molecule is C[C@H]1[C@@H](C)CCC[C@]2(O[C@H]3C[C@]4(O)C5=CC(=O)[C@H]6[C@@H](c7cc(O)cc(O)c7)[C@@H](O)[C@@H](O)C[C@]6(C)[C@@H]5C[C@H](CCO)[C@]4(C)[C@@H]3[C@@]2(C)O)[C@H]1O. The van der Waals surface area contributed by atoms with Crippen molar-refractivity contribution in [3.8, 4) is 11.5 Å². The summed E-state index contributed by atoms with van der Waals surface area (Å²) in [4.78, 5) is 14.4. The molecule has 4 saturated carbocycles. The number of ketones is 1. The molecule has 0 amide bonds. The number of phenolic OH excluding ortho intramolecular Hbond substituents is 2. The minimum absolute atomic E-state index is 0.0823. The van der Waals surface area contributed by atoms with E-state index in [4.69, 9.17) is 4.74 Å². The highest BCUT2D eigenvalue weighted by Crippen LogP contribution is 2.75. The van der Waals surface area contributed by atoms with Crippen LogP contribution in [-0.4, -0.2) is 94.5 Å². The Labute approximate surface area is 282 Å². The van der Waals surface area contributed by atoms with Crippen molar-refractivity contribution in [2.75, 3.05) is 6.61 Å². The third-order valence-corrected chi connectivity index (χ3v) is 15.2. The smallest absolute Gasteiger partial charge is 0.160 e. The second kappa shape index (κ2) is 11.0. The van der Waals surface area contributed by atoms with E-state index in [2.05, 4.69) is 6.92 Å². The van der Waals surface area contributed by atoms with Crippen molar-refractivity contribution < 1.29 is 50.4 Å². The van der Waals surface area contributed by atoms with Gasteiger partial charge in [0.15, 0.2) is 5.78 Å². The maximum atomic E-state index is 14.4. The molecule has 16 atom stereocenters. The number of carbonyl (C=O) groups excluding carboxylic acids is 1. The zero-order valence-corrected chi connectivity index (χ0v) is 28.7. The third-order valence-electron chi connectivity index (χ3n) is 15.2. The summed E-state index contributed by atoms with van der Waals surface area (Å²) in [6.07, 6.45) is 0.565. The minimum Gasteiger partial charge on any atom is -0.508 e. The average Bonchev–Trinajstić information content (AvgIpc) is 3.33. The Hall–Kier alpha value is -2.05. The van der Waals surface area contributed by atoms with Crippen molar-refractivity contribution in [2.24, 2.45) is 46.3 Å². The Morgan fingerprint density at radius 3 is 2.29 bits per heavy atom. The molecular weight excluding hydrogens is 616 g/mol. The van der Waals surface area contributed by atoms with Crippen LogP contribution >= 0.6 is 0 Å². The molecule has 10 heteroatoms. The van der Waals surface area contributed by atoms with Crippen LogP contribution < -0.4 is 0 Å². The predicted octanol–water partition coefficient (Wildman–Crippen LogP) is 2.92. The number of allylic oxidation sites excluding steroid dienone is 1. The molecule has 1 spiro atoms. The van der Waals surface area contributed by atoms with Gasteiger partial charge in [0.05, 0.1) is 35.6 Å². The van der Waals surface area contributed by atoms with E-state index in [0.29, 0.717) is 30.4 Å². The number of hydrogen-bond donors (Lipinski definition) is 8. The van der Waals surface area contributed by atoms with Crippen LogP contribution in [0.5, 0.6) is 11.5 Å². The van der Waals surface area contributed by atoms with E-state index in [1.807, 2.05) is 20.8 Å². The van der Waals surface area contributed by atoms with Gasteiger partial charge >= 0.3 is 0 Å². The fraction of sp³-hybridized carbons (Fsp3) is 0.763. The Balaban J connectivity index is 1.36. The molecule has 10 nitrogen and oxygen atoms in total. The number of carbonyl (C=O) groups is 1. The molecule has 1 aliphatic heterocycles. The first kappa shape index (κ1) is 34.4. The highest BCUT2D eigenvalue weighted by atomic mass is 16.6. The summed E-state index contributed by atoms with van der Waals surface area (Å²) >= 11 is 0. The Kier molecular flexibility index (Phi) is 7.86. The van der Waals surface area contributed by atoms with Gasteiger partial charge in [0.2, 0.25) is 0 Å². The summed E-state index contributed by atoms with van der Waals surface area (Å²) in [6, 6.07) is 3.96. The lowest BCUT2D eigenvalue weighted by Gasteiger charge is -2.64. The van der Waals surface area contributed by atoms with Crippen molar-refractivity contribution in [2.45, 2.75) is 127 Å². The molecule has 6 aliphatic rings. The number of aliphatic hydroxyl groups is 6. The van der Waals surface area contributed by atoms with Gasteiger partial charge in [-0.3, -0.25) is 4.79 Å². The van der Waals surface area contributed by atoms with Gasteiger partial charge in [0.25, 0.3) is 0 Å². The standard InChI is InChI=1S/C38H54O10/c1-18-7-6-9-38(33(45)19(18)2)36(5,46)32-28(48-38)17-37(47)25-15-26(42)30-29(20-11-22(40)14-23(41)12-20)31(44)27(43)16-34(30,3)24(25)13-21(8-10-39)35(32,37)4/h11-12,14-15,18-19,21,24,27-33,39-41,43-47H,6-10,13,16-17H2,1-5H3/t18-,19-,21-,24+,27-,28-,29+,30-,31-,32+,33-,34+,35+,36+,37-,38-/m0/s1. The van der Waals surface area contributed by atoms with Gasteiger partial charge < -0.3 is 45.6 Å². The van der Waals surface area contributed by atoms with E-state index in [0.717, 1.165) is 12.8 Å². The summed E-state index contributed by atoms with van der Waals surface area (Å²) in [7, 11) is 0. The molecule has 1 heterocycles. The number of fused-ring (bicyclic) bond motifs is 7. The molecule has 7 rings (SSSR count). The van der Waals surface area contributed by atoms with Crippen molar-refractivity contribution >= 4 is 5.78 Å². The lowest BCUT2D eigenvalue weighted by Crippen LogP contribution is -2.68. The second-order valence-electron chi connectivity index (χ2n) is 17.2. The topological polar surface area (TPSA) is 188 Å². The molecule has 0 radical (unpaired) electrons. The lowest BCUT2D eigenvalue weighted by atomic mass is 9.41. The van der Waals surface area contributed by atoms with Crippen LogP contribution in [-0.2, 0) is 9.53 Å². The van der Waals surface area contributed by atoms with Crippen molar-refractivity contribution in [3.63, 3.8) is 0 Å². The molecule has 1 aromatic carbocycles. The van der Waals surface area contributed by atoms with E-state index in [-0.39, 0.29) is 54.5 Å². The maximum absolute atomic E-state index is 14.4. The van der Waals surface area contributed by atoms with E-state index in [1.54, 1.807) is 6.92 Å². The number of benzene rings is 1. The van der Waals surface area contributed by atoms with Crippen LogP contribution in [0.1, 0.15) is 91.0 Å². The first-order chi connectivity index (χ1) is 22.4. The van der Waals surface area contributed by atoms with E-state index in [9.17, 15) is 45.6 Å². The van der Waals surface area contributed by atoms with Crippen LogP contribution in [0.2, 0.25) is 0 Å². The predicted molar refractivity (Wildman–Crippen MR) is 175 cm³/mol. The zero-order chi connectivity index (χ0) is 34.9. The zero-order valence-electron chi connectivity index (χ0n) is 28.7. The monoisotopic (exact) mass is 670 g/mol. The van der Waals surface area contributed by atoms with Gasteiger partial charge in [-0.15, -0.1) is 0 Å². The summed E-state index contributed by atoms with van der Waals surface area (Å²) < 4.78 is 6.90. The highest BCUT2D eigenvalue weighted by molar-refractivity contribution is 5.96. The number of rotatable bonds is 3. The number of aromatic hydroxyl groups is 2. The molecule has 0 bridgehead atoms. The summed E-state index contributed by atoms with van der Waals surface area (Å²) in [6.45, 7) is 9.58. The number of phenols is 2.